The summed E-state index contributed by atoms with van der Waals surface area (Å²) in [6, 6.07) is 14.8. The third-order valence-corrected chi connectivity index (χ3v) is 5.89. The van der Waals surface area contributed by atoms with Crippen molar-refractivity contribution < 1.29 is 22.5 Å². The molecule has 8 heterocycles. The summed E-state index contributed by atoms with van der Waals surface area (Å²) in [5.74, 6) is 1.14. The van der Waals surface area contributed by atoms with Crippen molar-refractivity contribution in [3.05, 3.63) is 121 Å². The highest BCUT2D eigenvalue weighted by atomic mass is 35.5. The van der Waals surface area contributed by atoms with Crippen LogP contribution in [0.25, 0.3) is 43.9 Å². The number of hydrogen-bond acceptors (Lipinski definition) is 10. The first-order valence-electron chi connectivity index (χ1n) is 12.2. The summed E-state index contributed by atoms with van der Waals surface area (Å²) >= 11 is 5.69. The van der Waals surface area contributed by atoms with Gasteiger partial charge >= 0.3 is 0 Å². The van der Waals surface area contributed by atoms with E-state index in [1.54, 1.807) is 68.0 Å². The van der Waals surface area contributed by atoms with Crippen molar-refractivity contribution in [3.63, 3.8) is 0 Å². The van der Waals surface area contributed by atoms with Crippen molar-refractivity contribution in [1.29, 1.82) is 0 Å². The lowest BCUT2D eigenvalue weighted by atomic mass is 10.3. The lowest BCUT2D eigenvalue weighted by Gasteiger charge is -1.87. The first-order valence-corrected chi connectivity index (χ1v) is 12.6. The third-order valence-electron chi connectivity index (χ3n) is 5.62. The van der Waals surface area contributed by atoms with Gasteiger partial charge in [0.2, 0.25) is 0 Å². The van der Waals surface area contributed by atoms with Gasteiger partial charge in [-0.1, -0.05) is 11.6 Å². The Hall–Kier alpha value is -5.32. The van der Waals surface area contributed by atoms with E-state index in [0.29, 0.717) is 34.9 Å². The van der Waals surface area contributed by atoms with Crippen molar-refractivity contribution in [2.75, 3.05) is 0 Å². The van der Waals surface area contributed by atoms with Gasteiger partial charge in [0.25, 0.3) is 0 Å². The van der Waals surface area contributed by atoms with E-state index in [9.17, 15) is 4.79 Å². The van der Waals surface area contributed by atoms with Crippen LogP contribution in [0.4, 0.5) is 0 Å². The Kier molecular flexibility index (Phi) is 8.75. The summed E-state index contributed by atoms with van der Waals surface area (Å²) in [5.41, 5.74) is 8.35. The number of hydrogen-bond donors (Lipinski definition) is 1. The molecule has 0 amide bonds. The van der Waals surface area contributed by atoms with Crippen LogP contribution in [0.5, 0.6) is 0 Å². The number of carbonyl (C=O) groups is 1. The van der Waals surface area contributed by atoms with E-state index in [4.69, 9.17) is 35.0 Å². The maximum absolute atomic E-state index is 10.3. The number of halogens is 1. The zero-order valence-electron chi connectivity index (χ0n) is 21.4. The largest absolute Gasteiger partial charge is 0.463 e. The van der Waals surface area contributed by atoms with E-state index in [2.05, 4.69) is 19.9 Å². The maximum atomic E-state index is 10.3. The monoisotopic (exact) mass is 567 g/mol. The molecular weight excluding hydrogens is 546 g/mol. The summed E-state index contributed by atoms with van der Waals surface area (Å²) in [6.45, 7) is 0.439. The Bertz CT molecular complexity index is 1910. The van der Waals surface area contributed by atoms with Gasteiger partial charge < -0.3 is 23.4 Å². The quantitative estimate of drug-likeness (QED) is 0.167. The van der Waals surface area contributed by atoms with E-state index in [0.717, 1.165) is 38.5 Å². The number of fused-ring (bicyclic) bond motifs is 4. The number of pyridine rings is 4. The first kappa shape index (κ1) is 27.3. The predicted molar refractivity (Wildman–Crippen MR) is 154 cm³/mol. The van der Waals surface area contributed by atoms with Gasteiger partial charge in [0, 0.05) is 46.3 Å². The number of rotatable bonds is 2. The fourth-order valence-electron chi connectivity index (χ4n) is 3.67. The van der Waals surface area contributed by atoms with Gasteiger partial charge in [0.1, 0.15) is 5.76 Å². The Morgan fingerprint density at radius 1 is 0.707 bits per heavy atom. The second-order valence-corrected chi connectivity index (χ2v) is 8.64. The Morgan fingerprint density at radius 3 is 1.95 bits per heavy atom. The normalized spacial score (nSPS) is 10.4. The van der Waals surface area contributed by atoms with Crippen molar-refractivity contribution in [1.82, 2.24) is 19.9 Å². The minimum absolute atomic E-state index is 0.341. The van der Waals surface area contributed by atoms with Crippen LogP contribution in [-0.4, -0.2) is 26.2 Å². The van der Waals surface area contributed by atoms with E-state index in [-0.39, 0.29) is 0 Å². The Balaban J connectivity index is 0.000000110. The number of nitrogens with zero attached hydrogens (tertiary/aromatic N) is 4. The van der Waals surface area contributed by atoms with Gasteiger partial charge in [-0.05, 0) is 48.5 Å². The second-order valence-electron chi connectivity index (χ2n) is 8.29. The van der Waals surface area contributed by atoms with Gasteiger partial charge in [-0.15, -0.1) is 0 Å². The molecule has 10 nitrogen and oxygen atoms in total. The highest BCUT2D eigenvalue weighted by molar-refractivity contribution is 6.33. The smallest absolute Gasteiger partial charge is 0.185 e. The van der Waals surface area contributed by atoms with Crippen molar-refractivity contribution in [2.24, 2.45) is 5.73 Å². The zero-order valence-corrected chi connectivity index (χ0v) is 22.1. The Labute approximate surface area is 237 Å². The molecule has 0 saturated heterocycles. The minimum atomic E-state index is 0.341. The van der Waals surface area contributed by atoms with Crippen molar-refractivity contribution in [2.45, 2.75) is 6.54 Å². The highest BCUT2D eigenvalue weighted by Gasteiger charge is 2.01. The number of aldehydes is 1. The molecule has 0 bridgehead atoms. The molecule has 0 aromatic carbocycles. The molecule has 204 valence electrons. The van der Waals surface area contributed by atoms with Crippen molar-refractivity contribution >= 4 is 61.8 Å². The summed E-state index contributed by atoms with van der Waals surface area (Å²) in [5, 5.41) is 4.47. The van der Waals surface area contributed by atoms with Gasteiger partial charge in [-0.3, -0.25) is 19.7 Å². The molecule has 8 aromatic heterocycles. The van der Waals surface area contributed by atoms with Crippen LogP contribution < -0.4 is 5.73 Å². The van der Waals surface area contributed by atoms with Crippen LogP contribution in [0.3, 0.4) is 0 Å². The number of furan rings is 4. The molecular formula is C30H22ClN5O5. The topological polar surface area (TPSA) is 147 Å². The molecule has 8 rings (SSSR count). The van der Waals surface area contributed by atoms with Gasteiger partial charge in [0.15, 0.2) is 39.5 Å². The Morgan fingerprint density at radius 2 is 1.32 bits per heavy atom. The molecule has 0 aliphatic heterocycles. The average molecular weight is 568 g/mol. The fourth-order valence-corrected chi connectivity index (χ4v) is 3.88. The lowest BCUT2D eigenvalue weighted by Crippen LogP contribution is -1.92. The number of nitrogens with two attached hydrogens (primary N) is 1. The molecule has 11 heteroatoms. The molecule has 41 heavy (non-hydrogen) atoms. The van der Waals surface area contributed by atoms with Crippen LogP contribution in [0.2, 0.25) is 5.15 Å². The minimum Gasteiger partial charge on any atom is -0.463 e. The molecule has 0 radical (unpaired) electrons. The molecule has 0 fully saturated rings. The average Bonchev–Trinajstić information content (AvgIpc) is 3.83. The van der Waals surface area contributed by atoms with Crippen molar-refractivity contribution in [3.8, 4) is 0 Å². The molecule has 0 spiro atoms. The first-order chi connectivity index (χ1) is 20.1. The van der Waals surface area contributed by atoms with Crippen LogP contribution in [0.15, 0.2) is 122 Å². The van der Waals surface area contributed by atoms with Gasteiger partial charge in [0.05, 0.1) is 37.7 Å². The lowest BCUT2D eigenvalue weighted by molar-refractivity contribution is 0.110. The van der Waals surface area contributed by atoms with Crippen LogP contribution in [0.1, 0.15) is 16.3 Å². The van der Waals surface area contributed by atoms with E-state index < -0.39 is 0 Å². The van der Waals surface area contributed by atoms with Crippen LogP contribution in [-0.2, 0) is 6.54 Å². The number of carbonyl (C=O) groups excluding carboxylic acids is 1. The molecule has 0 saturated carbocycles. The maximum Gasteiger partial charge on any atom is 0.185 e. The van der Waals surface area contributed by atoms with E-state index >= 15 is 0 Å². The fraction of sp³-hybridized carbons (Fsp3) is 0.0333. The number of aromatic nitrogens is 4. The molecule has 8 aromatic rings. The summed E-state index contributed by atoms with van der Waals surface area (Å²) in [4.78, 5) is 25.8. The molecule has 0 unspecified atom stereocenters. The van der Waals surface area contributed by atoms with Gasteiger partial charge in [-0.2, -0.15) is 0 Å². The van der Waals surface area contributed by atoms with E-state index in [1.807, 2.05) is 36.4 Å². The highest BCUT2D eigenvalue weighted by Crippen LogP contribution is 2.21. The molecule has 0 atom stereocenters. The SMILES string of the molecule is Clc1nccc2ccoc12.NCc1cc2ccncc2o1.O=Cc1cc2ccncc2o1.c1cc2ccoc2cn1. The second kappa shape index (κ2) is 13.2. The predicted octanol–water partition coefficient (Wildman–Crippen LogP) is 7.24. The zero-order chi connectivity index (χ0) is 28.4. The van der Waals surface area contributed by atoms with Crippen LogP contribution in [0, 0.1) is 0 Å². The van der Waals surface area contributed by atoms with Gasteiger partial charge in [-0.25, -0.2) is 4.98 Å². The summed E-state index contributed by atoms with van der Waals surface area (Å²) in [6.07, 6.45) is 15.7. The van der Waals surface area contributed by atoms with E-state index in [1.165, 1.54) is 0 Å². The van der Waals surface area contributed by atoms with Crippen LogP contribution >= 0.6 is 11.6 Å². The molecule has 0 aliphatic carbocycles. The summed E-state index contributed by atoms with van der Waals surface area (Å²) in [7, 11) is 0. The molecule has 0 aliphatic rings. The summed E-state index contributed by atoms with van der Waals surface area (Å²) < 4.78 is 20.5. The third kappa shape index (κ3) is 6.82. The standard InChI is InChI=1S/C8H8N2O.C8H5NO2.C7H4ClNO.C7H5NO/c9-4-7-3-6-1-2-10-5-8(6)11-7;10-5-7-3-6-1-2-9-4-8(6)11-7;8-7-6-5(1-3-9-7)2-4-10-6;1-3-8-5-7-6(1)2-4-9-7/h1-3,5H,4,9H2;1-5H;1-4H;1-5H. The molecule has 2 N–H and O–H groups in total.